The summed E-state index contributed by atoms with van der Waals surface area (Å²) in [4.78, 5) is 72.9. The molecule has 0 heterocycles. The lowest BCUT2D eigenvalue weighted by Gasteiger charge is -2.21. The lowest BCUT2D eigenvalue weighted by atomic mass is 10.00. The lowest BCUT2D eigenvalue weighted by molar-refractivity contribution is -0.161. The zero-order valence-electron chi connectivity index (χ0n) is 63.0. The molecule has 570 valence electrons. The average molecular weight is 1410 g/mol. The van der Waals surface area contributed by atoms with E-state index in [-0.39, 0.29) is 25.7 Å². The number of aliphatic hydroxyl groups excluding tert-OH is 1. The van der Waals surface area contributed by atoms with Gasteiger partial charge < -0.3 is 33.8 Å². The quantitative estimate of drug-likeness (QED) is 0.0222. The first kappa shape index (κ1) is 94.1. The van der Waals surface area contributed by atoms with Crippen LogP contribution in [0.15, 0.2) is 0 Å². The molecule has 17 nitrogen and oxygen atoms in total. The predicted octanol–water partition coefficient (Wildman–Crippen LogP) is 22.4. The fourth-order valence-corrected chi connectivity index (χ4v) is 13.3. The Morgan fingerprint density at radius 3 is 0.740 bits per heavy atom. The van der Waals surface area contributed by atoms with Gasteiger partial charge in [-0.2, -0.15) is 0 Å². The zero-order valence-corrected chi connectivity index (χ0v) is 64.8. The molecule has 0 spiro atoms. The van der Waals surface area contributed by atoms with Crippen molar-refractivity contribution in [3.8, 4) is 0 Å². The highest BCUT2D eigenvalue weighted by Crippen LogP contribution is 2.45. The van der Waals surface area contributed by atoms with Crippen molar-refractivity contribution < 1.29 is 80.2 Å². The second kappa shape index (κ2) is 66.3. The minimum absolute atomic E-state index is 0.106. The first-order valence-electron chi connectivity index (χ1n) is 39.7. The third-order valence-corrected chi connectivity index (χ3v) is 20.1. The van der Waals surface area contributed by atoms with Gasteiger partial charge in [-0.15, -0.1) is 0 Å². The lowest BCUT2D eigenvalue weighted by Crippen LogP contribution is -2.30. The van der Waals surface area contributed by atoms with Crippen LogP contribution in [-0.4, -0.2) is 96.7 Å². The summed E-state index contributed by atoms with van der Waals surface area (Å²) in [7, 11) is -9.92. The van der Waals surface area contributed by atoms with Crippen molar-refractivity contribution in [1.29, 1.82) is 0 Å². The van der Waals surface area contributed by atoms with Crippen LogP contribution in [0.25, 0.3) is 0 Å². The van der Waals surface area contributed by atoms with Crippen molar-refractivity contribution >= 4 is 39.5 Å². The number of esters is 4. The predicted molar refractivity (Wildman–Crippen MR) is 391 cm³/mol. The van der Waals surface area contributed by atoms with Crippen LogP contribution >= 0.6 is 15.6 Å². The monoisotopic (exact) mass is 1410 g/mol. The van der Waals surface area contributed by atoms with Gasteiger partial charge in [0.2, 0.25) is 0 Å². The number of carbonyl (C=O) groups is 4. The molecule has 0 rings (SSSR count). The molecule has 19 heteroatoms. The van der Waals surface area contributed by atoms with Gasteiger partial charge in [0.05, 0.1) is 26.4 Å². The Balaban J connectivity index is 5.26. The van der Waals surface area contributed by atoms with E-state index in [1.54, 1.807) is 0 Å². The van der Waals surface area contributed by atoms with Crippen LogP contribution in [0.4, 0.5) is 0 Å². The van der Waals surface area contributed by atoms with Crippen LogP contribution in [-0.2, 0) is 65.4 Å². The van der Waals surface area contributed by atoms with Crippen LogP contribution in [0.3, 0.4) is 0 Å². The van der Waals surface area contributed by atoms with Gasteiger partial charge in [0.15, 0.2) is 12.2 Å². The SMILES string of the molecule is CCC(C)CCCCCCCCC(=O)OC[C@H](COP(=O)(O)OC[C@H](O)COP(=O)(O)OC[C@@H](COC(=O)CCCCCCCCCCCCCC(C)C)OC(=O)CCCCCCCCCCCCCCCC(C)C)OC(=O)CCCCCCCCCCCCCCCC(C)C. The molecule has 0 saturated heterocycles. The molecular formula is C77H150O17P2. The van der Waals surface area contributed by atoms with Crippen molar-refractivity contribution in [3.05, 3.63) is 0 Å². The van der Waals surface area contributed by atoms with Crippen LogP contribution in [0.5, 0.6) is 0 Å². The summed E-state index contributed by atoms with van der Waals surface area (Å²) < 4.78 is 68.6. The van der Waals surface area contributed by atoms with E-state index in [4.69, 9.17) is 37.0 Å². The van der Waals surface area contributed by atoms with Crippen molar-refractivity contribution in [1.82, 2.24) is 0 Å². The molecule has 3 N–H and O–H groups in total. The van der Waals surface area contributed by atoms with E-state index >= 15 is 0 Å². The summed E-state index contributed by atoms with van der Waals surface area (Å²) in [6, 6.07) is 0. The molecular weight excluding hydrogens is 1260 g/mol. The number of phosphoric ester groups is 2. The molecule has 6 atom stereocenters. The topological polar surface area (TPSA) is 237 Å². The Morgan fingerprint density at radius 2 is 0.500 bits per heavy atom. The molecule has 0 aliphatic carbocycles. The minimum Gasteiger partial charge on any atom is -0.462 e. The van der Waals surface area contributed by atoms with Gasteiger partial charge in [-0.1, -0.05) is 338 Å². The summed E-state index contributed by atoms with van der Waals surface area (Å²) in [6.07, 6.45) is 51.3. The van der Waals surface area contributed by atoms with Gasteiger partial charge in [-0.05, 0) is 49.4 Å². The molecule has 0 aromatic rings. The van der Waals surface area contributed by atoms with Gasteiger partial charge in [0.1, 0.15) is 19.3 Å². The molecule has 96 heavy (non-hydrogen) atoms. The Hall–Kier alpha value is -1.94. The number of aliphatic hydroxyl groups is 1. The van der Waals surface area contributed by atoms with E-state index in [9.17, 15) is 43.2 Å². The Bertz CT molecular complexity index is 1890. The van der Waals surface area contributed by atoms with E-state index in [0.717, 1.165) is 120 Å². The first-order valence-corrected chi connectivity index (χ1v) is 42.7. The van der Waals surface area contributed by atoms with Crippen molar-refractivity contribution in [2.75, 3.05) is 39.6 Å². The van der Waals surface area contributed by atoms with Crippen molar-refractivity contribution in [2.45, 2.75) is 408 Å². The Morgan fingerprint density at radius 1 is 0.292 bits per heavy atom. The summed E-state index contributed by atoms with van der Waals surface area (Å²) in [5.41, 5.74) is 0. The molecule has 0 fully saturated rings. The van der Waals surface area contributed by atoms with E-state index in [1.165, 1.54) is 186 Å². The van der Waals surface area contributed by atoms with Crippen LogP contribution in [0.2, 0.25) is 0 Å². The third-order valence-electron chi connectivity index (χ3n) is 18.2. The standard InChI is InChI=1S/C77H150O17P2/c1-9-70(8)56-48-40-35-36-42-50-58-75(80)88-64-73(94-77(82)60-52-44-34-28-21-15-11-13-18-24-30-38-46-54-68(4)5)66-92-96(85,86)90-62-71(78)61-89-95(83,84)91-65-72(63-87-74(79)57-49-41-32-26-22-16-19-25-31-39-47-55-69(6)7)93-76(81)59-51-43-33-27-20-14-10-12-17-23-29-37-45-53-67(2)3/h67-73,78H,9-66H2,1-8H3,(H,83,84)(H,85,86)/t70?,71-,72-,73-/m1/s1. The van der Waals surface area contributed by atoms with Crippen molar-refractivity contribution in [3.63, 3.8) is 0 Å². The van der Waals surface area contributed by atoms with E-state index in [0.29, 0.717) is 25.7 Å². The van der Waals surface area contributed by atoms with Crippen LogP contribution in [0.1, 0.15) is 389 Å². The van der Waals surface area contributed by atoms with Crippen LogP contribution < -0.4 is 0 Å². The largest absolute Gasteiger partial charge is 0.472 e. The molecule has 3 unspecified atom stereocenters. The number of ether oxygens (including phenoxy) is 4. The maximum atomic E-state index is 13.1. The smallest absolute Gasteiger partial charge is 0.462 e. The first-order chi connectivity index (χ1) is 46.1. The Labute approximate surface area is 588 Å². The maximum absolute atomic E-state index is 13.1. The molecule has 0 aromatic carbocycles. The van der Waals surface area contributed by atoms with Gasteiger partial charge >= 0.3 is 39.5 Å². The molecule has 0 amide bonds. The highest BCUT2D eigenvalue weighted by molar-refractivity contribution is 7.47. The van der Waals surface area contributed by atoms with Crippen LogP contribution in [0, 0.1) is 23.7 Å². The number of carbonyl (C=O) groups excluding carboxylic acids is 4. The summed E-state index contributed by atoms with van der Waals surface area (Å²) >= 11 is 0. The van der Waals surface area contributed by atoms with E-state index < -0.39 is 97.5 Å². The van der Waals surface area contributed by atoms with E-state index in [2.05, 4.69) is 55.4 Å². The average Bonchev–Trinajstić information content (AvgIpc) is 1.34. The number of phosphoric acid groups is 2. The van der Waals surface area contributed by atoms with Gasteiger partial charge in [0.25, 0.3) is 0 Å². The zero-order chi connectivity index (χ0) is 71.0. The highest BCUT2D eigenvalue weighted by atomic mass is 31.2. The number of hydrogen-bond donors (Lipinski definition) is 3. The highest BCUT2D eigenvalue weighted by Gasteiger charge is 2.30. The number of hydrogen-bond acceptors (Lipinski definition) is 15. The number of unbranched alkanes of at least 4 members (excludes halogenated alkanes) is 39. The molecule has 0 aliphatic heterocycles. The number of rotatable bonds is 74. The fourth-order valence-electron chi connectivity index (χ4n) is 11.7. The second-order valence-electron chi connectivity index (χ2n) is 29.4. The summed E-state index contributed by atoms with van der Waals surface area (Å²) in [6.45, 7) is 14.2. The molecule has 0 saturated carbocycles. The summed E-state index contributed by atoms with van der Waals surface area (Å²) in [5, 5.41) is 10.6. The van der Waals surface area contributed by atoms with Gasteiger partial charge in [-0.25, -0.2) is 9.13 Å². The minimum atomic E-state index is -4.96. The van der Waals surface area contributed by atoms with Gasteiger partial charge in [0, 0.05) is 25.7 Å². The van der Waals surface area contributed by atoms with Crippen molar-refractivity contribution in [2.24, 2.45) is 23.7 Å². The molecule has 0 aromatic heterocycles. The molecule has 0 bridgehead atoms. The normalized spacial score (nSPS) is 14.4. The van der Waals surface area contributed by atoms with E-state index in [1.807, 2.05) is 0 Å². The Kier molecular flexibility index (Phi) is 65.0. The second-order valence-corrected chi connectivity index (χ2v) is 32.3. The van der Waals surface area contributed by atoms with Gasteiger partial charge in [-0.3, -0.25) is 37.3 Å². The maximum Gasteiger partial charge on any atom is 0.472 e. The summed E-state index contributed by atoms with van der Waals surface area (Å²) in [5.74, 6) is 0.956. The molecule has 0 radical (unpaired) electrons. The third kappa shape index (κ3) is 69.2. The molecule has 0 aliphatic rings. The fraction of sp³-hybridized carbons (Fsp3) is 0.948.